The minimum absolute atomic E-state index is 1.07. The van der Waals surface area contributed by atoms with Crippen molar-refractivity contribution in [1.29, 1.82) is 0 Å². The van der Waals surface area contributed by atoms with E-state index in [0.717, 1.165) is 37.2 Å². The Balaban J connectivity index is 2.30. The first-order valence-corrected chi connectivity index (χ1v) is 11.4. The Kier molecular flexibility index (Phi) is 11.7. The number of hydrogen-bond donors (Lipinski definition) is 0. The topological polar surface area (TPSA) is 13.1 Å². The molecule has 0 aromatic carbocycles. The van der Waals surface area contributed by atoms with Gasteiger partial charge in [-0.05, 0) is 118 Å². The molecule has 1 rings (SSSR count). The summed E-state index contributed by atoms with van der Waals surface area (Å²) >= 11 is 0. The lowest BCUT2D eigenvalue weighted by Gasteiger charge is -2.03. The van der Waals surface area contributed by atoms with E-state index in [9.17, 15) is 0 Å². The molecule has 29 heavy (non-hydrogen) atoms. The third-order valence-electron chi connectivity index (χ3n) is 5.75. The minimum atomic E-state index is 1.07. The van der Waals surface area contributed by atoms with Crippen LogP contribution in [0.4, 0.5) is 0 Å². The second-order valence-corrected chi connectivity index (χ2v) is 8.91. The van der Waals surface area contributed by atoms with Gasteiger partial charge in [-0.25, -0.2) is 0 Å². The van der Waals surface area contributed by atoms with Crippen LogP contribution in [0.15, 0.2) is 51.0 Å². The normalized spacial score (nSPS) is 13.2. The lowest BCUT2D eigenvalue weighted by Crippen LogP contribution is -1.88. The van der Waals surface area contributed by atoms with E-state index >= 15 is 0 Å². The number of allylic oxidation sites excluding steroid dienone is 8. The molecule has 0 aliphatic heterocycles. The van der Waals surface area contributed by atoms with Crippen LogP contribution in [0.1, 0.15) is 102 Å². The van der Waals surface area contributed by atoms with Gasteiger partial charge in [-0.15, -0.1) is 0 Å². The molecule has 0 spiro atoms. The highest BCUT2D eigenvalue weighted by Gasteiger charge is 2.09. The number of rotatable bonds is 12. The molecule has 1 aromatic rings. The Morgan fingerprint density at radius 2 is 1.07 bits per heavy atom. The van der Waals surface area contributed by atoms with Gasteiger partial charge >= 0.3 is 0 Å². The molecule has 0 radical (unpaired) electrons. The van der Waals surface area contributed by atoms with Gasteiger partial charge in [-0.2, -0.15) is 0 Å². The van der Waals surface area contributed by atoms with Crippen LogP contribution < -0.4 is 0 Å². The Morgan fingerprint density at radius 3 is 1.48 bits per heavy atom. The largest absolute Gasteiger partial charge is 0.466 e. The third kappa shape index (κ3) is 10.5. The highest BCUT2D eigenvalue weighted by Crippen LogP contribution is 2.22. The van der Waals surface area contributed by atoms with Crippen LogP contribution in [-0.2, 0) is 6.42 Å². The molecule has 0 saturated heterocycles. The summed E-state index contributed by atoms with van der Waals surface area (Å²) in [6.07, 6.45) is 18.8. The number of furan rings is 1. The van der Waals surface area contributed by atoms with Gasteiger partial charge in [0.15, 0.2) is 0 Å². The second-order valence-electron chi connectivity index (χ2n) is 8.91. The standard InChI is InChI=1S/C28H44O/c1-21(2)13-9-14-22(3)15-10-16-23(4)17-11-18-24(5)19-12-20-28-25(6)26(7)29-27(28)8/h13,15,17,19H,9-12,14,16,18,20H2,1-8H3. The Hall–Kier alpha value is -1.76. The molecular formula is C28H44O. The van der Waals surface area contributed by atoms with E-state index < -0.39 is 0 Å². The first-order valence-electron chi connectivity index (χ1n) is 11.4. The Morgan fingerprint density at radius 1 is 0.621 bits per heavy atom. The van der Waals surface area contributed by atoms with Crippen LogP contribution in [0.5, 0.6) is 0 Å². The summed E-state index contributed by atoms with van der Waals surface area (Å²) in [5, 5.41) is 0. The maximum Gasteiger partial charge on any atom is 0.104 e. The van der Waals surface area contributed by atoms with Crippen LogP contribution in [0.2, 0.25) is 0 Å². The van der Waals surface area contributed by atoms with E-state index in [-0.39, 0.29) is 0 Å². The van der Waals surface area contributed by atoms with E-state index in [4.69, 9.17) is 4.42 Å². The molecule has 0 unspecified atom stereocenters. The predicted octanol–water partition coefficient (Wildman–Crippen LogP) is 9.28. The fourth-order valence-corrected chi connectivity index (χ4v) is 3.66. The van der Waals surface area contributed by atoms with Crippen molar-refractivity contribution in [3.63, 3.8) is 0 Å². The van der Waals surface area contributed by atoms with E-state index in [1.54, 1.807) is 0 Å². The summed E-state index contributed by atoms with van der Waals surface area (Å²) in [7, 11) is 0. The van der Waals surface area contributed by atoms with Crippen LogP contribution in [-0.4, -0.2) is 0 Å². The molecule has 1 heteroatoms. The van der Waals surface area contributed by atoms with Gasteiger partial charge in [0.1, 0.15) is 11.5 Å². The third-order valence-corrected chi connectivity index (χ3v) is 5.75. The van der Waals surface area contributed by atoms with Crippen molar-refractivity contribution in [2.45, 2.75) is 107 Å². The number of aryl methyl sites for hydroxylation is 2. The van der Waals surface area contributed by atoms with Gasteiger partial charge in [0.05, 0.1) is 0 Å². The van der Waals surface area contributed by atoms with Crippen molar-refractivity contribution in [2.75, 3.05) is 0 Å². The Bertz CT molecular complexity index is 746. The van der Waals surface area contributed by atoms with Crippen molar-refractivity contribution in [2.24, 2.45) is 0 Å². The van der Waals surface area contributed by atoms with Crippen LogP contribution in [0.3, 0.4) is 0 Å². The van der Waals surface area contributed by atoms with Crippen molar-refractivity contribution in [3.05, 3.63) is 69.2 Å². The fraction of sp³-hybridized carbons (Fsp3) is 0.571. The first-order chi connectivity index (χ1) is 13.7. The molecule has 1 heterocycles. The van der Waals surface area contributed by atoms with Gasteiger partial charge < -0.3 is 4.42 Å². The summed E-state index contributed by atoms with van der Waals surface area (Å²) < 4.78 is 5.73. The minimum Gasteiger partial charge on any atom is -0.466 e. The summed E-state index contributed by atoms with van der Waals surface area (Å²) in [5.41, 5.74) is 8.68. The van der Waals surface area contributed by atoms with Crippen LogP contribution in [0.25, 0.3) is 0 Å². The van der Waals surface area contributed by atoms with Crippen molar-refractivity contribution in [1.82, 2.24) is 0 Å². The first kappa shape index (κ1) is 25.3. The van der Waals surface area contributed by atoms with Gasteiger partial charge in [-0.3, -0.25) is 0 Å². The lowest BCUT2D eigenvalue weighted by atomic mass is 10.0. The maximum atomic E-state index is 5.73. The summed E-state index contributed by atoms with van der Waals surface area (Å²) in [6.45, 7) is 17.5. The number of hydrogen-bond acceptors (Lipinski definition) is 1. The molecule has 0 N–H and O–H groups in total. The molecule has 0 aliphatic carbocycles. The molecule has 1 nitrogen and oxygen atoms in total. The molecule has 0 saturated carbocycles. The summed E-state index contributed by atoms with van der Waals surface area (Å²) in [4.78, 5) is 0. The molecule has 0 aliphatic rings. The van der Waals surface area contributed by atoms with Gasteiger partial charge in [0.25, 0.3) is 0 Å². The summed E-state index contributed by atoms with van der Waals surface area (Å²) in [5.74, 6) is 2.16. The molecule has 162 valence electrons. The molecular weight excluding hydrogens is 352 g/mol. The van der Waals surface area contributed by atoms with Crippen LogP contribution in [0, 0.1) is 20.8 Å². The zero-order valence-electron chi connectivity index (χ0n) is 20.4. The maximum absolute atomic E-state index is 5.73. The van der Waals surface area contributed by atoms with Gasteiger partial charge in [0.2, 0.25) is 0 Å². The van der Waals surface area contributed by atoms with Gasteiger partial charge in [0, 0.05) is 0 Å². The highest BCUT2D eigenvalue weighted by atomic mass is 16.3. The Labute approximate surface area is 180 Å². The smallest absolute Gasteiger partial charge is 0.104 e. The zero-order valence-corrected chi connectivity index (χ0v) is 20.4. The van der Waals surface area contributed by atoms with E-state index in [1.807, 2.05) is 0 Å². The second kappa shape index (κ2) is 13.5. The van der Waals surface area contributed by atoms with Crippen molar-refractivity contribution >= 4 is 0 Å². The van der Waals surface area contributed by atoms with Gasteiger partial charge in [-0.1, -0.05) is 46.6 Å². The quantitative estimate of drug-likeness (QED) is 0.321. The van der Waals surface area contributed by atoms with E-state index in [2.05, 4.69) is 79.7 Å². The van der Waals surface area contributed by atoms with E-state index in [1.165, 1.54) is 59.1 Å². The molecule has 1 aromatic heterocycles. The average Bonchev–Trinajstić information content (AvgIpc) is 2.87. The molecule has 0 atom stereocenters. The fourth-order valence-electron chi connectivity index (χ4n) is 3.66. The van der Waals surface area contributed by atoms with Crippen LogP contribution >= 0.6 is 0 Å². The average molecular weight is 397 g/mol. The lowest BCUT2D eigenvalue weighted by molar-refractivity contribution is 0.499. The molecule has 0 amide bonds. The monoisotopic (exact) mass is 396 g/mol. The van der Waals surface area contributed by atoms with Crippen molar-refractivity contribution in [3.8, 4) is 0 Å². The molecule has 0 bridgehead atoms. The summed E-state index contributed by atoms with van der Waals surface area (Å²) in [6, 6.07) is 0. The zero-order chi connectivity index (χ0) is 21.8. The predicted molar refractivity (Wildman–Crippen MR) is 130 cm³/mol. The molecule has 0 fully saturated rings. The SMILES string of the molecule is CC(C)=CCCC(C)=CCCC(C)=CCCC(C)=CCCc1c(C)oc(C)c1C. The van der Waals surface area contributed by atoms with Crippen molar-refractivity contribution < 1.29 is 4.42 Å². The highest BCUT2D eigenvalue weighted by molar-refractivity contribution is 5.31. The van der Waals surface area contributed by atoms with E-state index in [0.29, 0.717) is 0 Å².